The van der Waals surface area contributed by atoms with Crippen LogP contribution in [0.1, 0.15) is 65.8 Å². The number of hydrogen-bond donors (Lipinski definition) is 1. The molecule has 1 aliphatic heterocycles. The van der Waals surface area contributed by atoms with Gasteiger partial charge in [-0.25, -0.2) is 4.98 Å². The number of nitrogens with zero attached hydrogens (tertiary/aromatic N) is 2. The van der Waals surface area contributed by atoms with Gasteiger partial charge in [0, 0.05) is 19.0 Å². The molecule has 6 heteroatoms. The summed E-state index contributed by atoms with van der Waals surface area (Å²) in [6.07, 6.45) is 5.55. The Labute approximate surface area is 135 Å². The average Bonchev–Trinajstić information content (AvgIpc) is 2.86. The Bertz CT molecular complexity index is 541. The summed E-state index contributed by atoms with van der Waals surface area (Å²) in [6, 6.07) is 0.0495. The van der Waals surface area contributed by atoms with E-state index in [2.05, 4.69) is 11.9 Å². The van der Waals surface area contributed by atoms with Crippen LogP contribution in [0.2, 0.25) is 0 Å². The summed E-state index contributed by atoms with van der Waals surface area (Å²) in [4.78, 5) is 30.7. The van der Waals surface area contributed by atoms with E-state index in [0.29, 0.717) is 6.42 Å². The van der Waals surface area contributed by atoms with Crippen LogP contribution in [-0.4, -0.2) is 39.5 Å². The van der Waals surface area contributed by atoms with E-state index in [-0.39, 0.29) is 18.4 Å². The molecule has 0 spiro atoms. The van der Waals surface area contributed by atoms with Gasteiger partial charge in [-0.15, -0.1) is 11.3 Å². The summed E-state index contributed by atoms with van der Waals surface area (Å²) < 4.78 is 0. The molecule has 1 aliphatic rings. The van der Waals surface area contributed by atoms with Crippen LogP contribution in [0.25, 0.3) is 0 Å². The Morgan fingerprint density at radius 3 is 2.86 bits per heavy atom. The lowest BCUT2D eigenvalue weighted by Crippen LogP contribution is -2.43. The van der Waals surface area contributed by atoms with Gasteiger partial charge in [0.05, 0.1) is 10.7 Å². The zero-order valence-corrected chi connectivity index (χ0v) is 14.1. The van der Waals surface area contributed by atoms with E-state index in [1.54, 1.807) is 0 Å². The molecule has 1 amide bonds. The second kappa shape index (κ2) is 7.72. The Balaban J connectivity index is 2.12. The minimum atomic E-state index is -0.794. The molecule has 1 atom stereocenters. The quantitative estimate of drug-likeness (QED) is 0.872. The number of aliphatic carboxylic acids is 1. The van der Waals surface area contributed by atoms with Gasteiger partial charge >= 0.3 is 5.97 Å². The Morgan fingerprint density at radius 2 is 2.18 bits per heavy atom. The predicted octanol–water partition coefficient (Wildman–Crippen LogP) is 3.26. The number of likely N-dealkylation sites (tertiary alicyclic amines) is 1. The van der Waals surface area contributed by atoms with Crippen LogP contribution < -0.4 is 0 Å². The lowest BCUT2D eigenvalue weighted by atomic mass is 9.97. The van der Waals surface area contributed by atoms with Crippen molar-refractivity contribution in [3.63, 3.8) is 0 Å². The second-order valence-corrected chi connectivity index (χ2v) is 6.94. The third-order valence-corrected chi connectivity index (χ3v) is 5.28. The van der Waals surface area contributed by atoms with Crippen LogP contribution in [0, 0.1) is 6.92 Å². The molecule has 0 aromatic carbocycles. The van der Waals surface area contributed by atoms with E-state index in [0.717, 1.165) is 54.2 Å². The highest BCUT2D eigenvalue weighted by Crippen LogP contribution is 2.27. The van der Waals surface area contributed by atoms with Crippen LogP contribution in [-0.2, 0) is 11.2 Å². The minimum Gasteiger partial charge on any atom is -0.481 e. The van der Waals surface area contributed by atoms with Crippen LogP contribution >= 0.6 is 11.3 Å². The lowest BCUT2D eigenvalue weighted by molar-refractivity contribution is -0.137. The van der Waals surface area contributed by atoms with Gasteiger partial charge < -0.3 is 10.0 Å². The number of piperidine rings is 1. The molecule has 1 N–H and O–H groups in total. The van der Waals surface area contributed by atoms with Crippen molar-refractivity contribution in [3.05, 3.63) is 15.6 Å². The molecular formula is C16H24N2O3S. The van der Waals surface area contributed by atoms with Crippen molar-refractivity contribution in [2.45, 2.75) is 64.8 Å². The fourth-order valence-corrected chi connectivity index (χ4v) is 4.08. The van der Waals surface area contributed by atoms with Crippen molar-refractivity contribution < 1.29 is 14.7 Å². The number of thiazole rings is 1. The molecule has 1 unspecified atom stereocenters. The van der Waals surface area contributed by atoms with Crippen LogP contribution in [0.5, 0.6) is 0 Å². The summed E-state index contributed by atoms with van der Waals surface area (Å²) >= 11 is 1.49. The molecular weight excluding hydrogens is 300 g/mol. The monoisotopic (exact) mass is 324 g/mol. The molecule has 2 heterocycles. The number of carboxylic acid groups (broad SMARTS) is 1. The van der Waals surface area contributed by atoms with Crippen molar-refractivity contribution in [1.82, 2.24) is 9.88 Å². The van der Waals surface area contributed by atoms with Gasteiger partial charge in [0.25, 0.3) is 5.91 Å². The highest BCUT2D eigenvalue weighted by molar-refractivity contribution is 7.13. The van der Waals surface area contributed by atoms with E-state index >= 15 is 0 Å². The van der Waals surface area contributed by atoms with Crippen molar-refractivity contribution in [1.29, 1.82) is 0 Å². The maximum absolute atomic E-state index is 12.8. The number of carbonyl (C=O) groups is 2. The van der Waals surface area contributed by atoms with E-state index in [9.17, 15) is 9.59 Å². The smallest absolute Gasteiger partial charge is 0.303 e. The highest BCUT2D eigenvalue weighted by Gasteiger charge is 2.30. The Morgan fingerprint density at radius 1 is 1.41 bits per heavy atom. The average molecular weight is 324 g/mol. The van der Waals surface area contributed by atoms with Crippen LogP contribution in [0.4, 0.5) is 0 Å². The van der Waals surface area contributed by atoms with Gasteiger partial charge in [-0.3, -0.25) is 9.59 Å². The molecule has 22 heavy (non-hydrogen) atoms. The zero-order valence-electron chi connectivity index (χ0n) is 13.3. The standard InChI is InChI=1S/C16H24N2O3S/c1-3-6-13-17-11(2)15(22-13)16(21)18-10-5-4-7-12(18)8-9-14(19)20/h12H,3-10H2,1-2H3,(H,19,20). The van der Waals surface area contributed by atoms with E-state index in [1.807, 2.05) is 11.8 Å². The van der Waals surface area contributed by atoms with E-state index < -0.39 is 5.97 Å². The van der Waals surface area contributed by atoms with Gasteiger partial charge in [0.2, 0.25) is 0 Å². The topological polar surface area (TPSA) is 70.5 Å². The molecule has 1 fully saturated rings. The van der Waals surface area contributed by atoms with Crippen molar-refractivity contribution in [2.75, 3.05) is 6.54 Å². The third-order valence-electron chi connectivity index (χ3n) is 4.08. The van der Waals surface area contributed by atoms with Crippen LogP contribution in [0.3, 0.4) is 0 Å². The summed E-state index contributed by atoms with van der Waals surface area (Å²) in [5, 5.41) is 9.90. The maximum atomic E-state index is 12.8. The molecule has 0 saturated carbocycles. The summed E-state index contributed by atoms with van der Waals surface area (Å²) in [6.45, 7) is 4.72. The number of aromatic nitrogens is 1. The molecule has 5 nitrogen and oxygen atoms in total. The first kappa shape index (κ1) is 16.9. The third kappa shape index (κ3) is 4.06. The van der Waals surface area contributed by atoms with Gasteiger partial charge in [0.15, 0.2) is 0 Å². The Kier molecular flexibility index (Phi) is 5.94. The summed E-state index contributed by atoms with van der Waals surface area (Å²) in [5.74, 6) is -0.760. The fraction of sp³-hybridized carbons (Fsp3) is 0.688. The molecule has 0 bridgehead atoms. The number of rotatable bonds is 6. The van der Waals surface area contributed by atoms with Crippen molar-refractivity contribution in [3.8, 4) is 0 Å². The fourth-order valence-electron chi connectivity index (χ4n) is 2.96. The number of carbonyl (C=O) groups excluding carboxylic acids is 1. The van der Waals surface area contributed by atoms with Crippen LogP contribution in [0.15, 0.2) is 0 Å². The Hall–Kier alpha value is -1.43. The largest absolute Gasteiger partial charge is 0.481 e. The van der Waals surface area contributed by atoms with Crippen molar-refractivity contribution >= 4 is 23.2 Å². The normalized spacial score (nSPS) is 18.5. The number of aryl methyl sites for hydroxylation is 2. The van der Waals surface area contributed by atoms with Gasteiger partial charge in [-0.1, -0.05) is 6.92 Å². The SMILES string of the molecule is CCCc1nc(C)c(C(=O)N2CCCCC2CCC(=O)O)s1. The highest BCUT2D eigenvalue weighted by atomic mass is 32.1. The first-order chi connectivity index (χ1) is 10.5. The zero-order chi connectivity index (χ0) is 16.1. The molecule has 0 aliphatic carbocycles. The minimum absolute atomic E-state index is 0.0347. The predicted molar refractivity (Wildman–Crippen MR) is 86.4 cm³/mol. The second-order valence-electron chi connectivity index (χ2n) is 5.85. The first-order valence-corrected chi connectivity index (χ1v) is 8.83. The molecule has 122 valence electrons. The van der Waals surface area contributed by atoms with E-state index in [4.69, 9.17) is 5.11 Å². The number of hydrogen-bond acceptors (Lipinski definition) is 4. The molecule has 0 radical (unpaired) electrons. The lowest BCUT2D eigenvalue weighted by Gasteiger charge is -2.35. The first-order valence-electron chi connectivity index (χ1n) is 8.02. The molecule has 1 aromatic rings. The van der Waals surface area contributed by atoms with Gasteiger partial charge in [-0.2, -0.15) is 0 Å². The number of carboxylic acids is 1. The summed E-state index contributed by atoms with van der Waals surface area (Å²) in [5.41, 5.74) is 0.806. The number of amides is 1. The summed E-state index contributed by atoms with van der Waals surface area (Å²) in [7, 11) is 0. The van der Waals surface area contributed by atoms with Gasteiger partial charge in [0.1, 0.15) is 4.88 Å². The van der Waals surface area contributed by atoms with Crippen molar-refractivity contribution in [2.24, 2.45) is 0 Å². The molecule has 2 rings (SSSR count). The van der Waals surface area contributed by atoms with E-state index in [1.165, 1.54) is 11.3 Å². The van der Waals surface area contributed by atoms with Gasteiger partial charge in [-0.05, 0) is 45.4 Å². The molecule has 1 saturated heterocycles. The molecule has 1 aromatic heterocycles. The maximum Gasteiger partial charge on any atom is 0.303 e.